The molecule has 1 heterocycles. The average molecular weight is 330 g/mol. The number of nitrogens with one attached hydrogen (secondary N) is 2. The summed E-state index contributed by atoms with van der Waals surface area (Å²) in [5, 5.41) is 14.1. The van der Waals surface area contributed by atoms with Crippen LogP contribution < -0.4 is 10.6 Å². The van der Waals surface area contributed by atoms with Crippen LogP contribution in [0.25, 0.3) is 0 Å². The van der Waals surface area contributed by atoms with Crippen LogP contribution in [0, 0.1) is 5.82 Å². The van der Waals surface area contributed by atoms with Crippen LogP contribution in [0.4, 0.5) is 35.0 Å². The Balaban J connectivity index is 2.35. The van der Waals surface area contributed by atoms with E-state index in [1.807, 2.05) is 0 Å². The van der Waals surface area contributed by atoms with Crippen LogP contribution >= 0.6 is 0 Å². The average Bonchev–Trinajstić information content (AvgIpc) is 2.46. The third-order valence-corrected chi connectivity index (χ3v) is 2.76. The molecule has 0 amide bonds. The van der Waals surface area contributed by atoms with Crippen LogP contribution in [0.5, 0.6) is 0 Å². The molecule has 1 atom stereocenters. The second-order valence-corrected chi connectivity index (χ2v) is 4.82. The van der Waals surface area contributed by atoms with Gasteiger partial charge in [-0.05, 0) is 25.1 Å². The minimum Gasteiger partial charge on any atom is -0.394 e. The van der Waals surface area contributed by atoms with Gasteiger partial charge in [0.2, 0.25) is 5.95 Å². The maximum Gasteiger partial charge on any atom is 0.433 e. The Morgan fingerprint density at radius 2 is 1.96 bits per heavy atom. The molecular weight excluding hydrogens is 316 g/mol. The number of nitrogens with zero attached hydrogens (tertiary/aromatic N) is 2. The normalized spacial score (nSPS) is 12.8. The second-order valence-electron chi connectivity index (χ2n) is 4.82. The van der Waals surface area contributed by atoms with Gasteiger partial charge in [-0.25, -0.2) is 9.37 Å². The Labute approximate surface area is 129 Å². The van der Waals surface area contributed by atoms with Crippen molar-refractivity contribution in [3.63, 3.8) is 0 Å². The molecule has 0 unspecified atom stereocenters. The summed E-state index contributed by atoms with van der Waals surface area (Å²) in [5.74, 6) is -0.974. The number of hydrogen-bond acceptors (Lipinski definition) is 5. The first-order valence-corrected chi connectivity index (χ1v) is 6.64. The number of rotatable bonds is 5. The van der Waals surface area contributed by atoms with Gasteiger partial charge in [-0.2, -0.15) is 18.2 Å². The van der Waals surface area contributed by atoms with E-state index in [9.17, 15) is 17.6 Å². The van der Waals surface area contributed by atoms with Crippen molar-refractivity contribution in [3.8, 4) is 0 Å². The van der Waals surface area contributed by atoms with E-state index in [4.69, 9.17) is 5.11 Å². The Morgan fingerprint density at radius 1 is 1.22 bits per heavy atom. The lowest BCUT2D eigenvalue weighted by molar-refractivity contribution is -0.141. The summed E-state index contributed by atoms with van der Waals surface area (Å²) in [4.78, 5) is 7.27. The minimum atomic E-state index is -4.67. The topological polar surface area (TPSA) is 70.1 Å². The number of aliphatic hydroxyl groups is 1. The third kappa shape index (κ3) is 4.78. The van der Waals surface area contributed by atoms with E-state index in [2.05, 4.69) is 20.6 Å². The van der Waals surface area contributed by atoms with Crippen LogP contribution in [0.3, 0.4) is 0 Å². The zero-order valence-electron chi connectivity index (χ0n) is 12.0. The predicted molar refractivity (Wildman–Crippen MR) is 76.9 cm³/mol. The number of anilines is 3. The van der Waals surface area contributed by atoms with E-state index < -0.39 is 23.7 Å². The number of hydrogen-bond donors (Lipinski definition) is 3. The van der Waals surface area contributed by atoms with E-state index in [1.165, 1.54) is 18.2 Å². The standard InChI is InChI=1S/C14H14F4N4O/c1-8(7-23)19-13-21-11(14(16,17)18)6-12(22-13)20-10-4-2-3-9(15)5-10/h2-6,8,23H,7H2,1H3,(H2,19,20,21,22)/t8-/m1/s1. The van der Waals surface area contributed by atoms with Gasteiger partial charge < -0.3 is 15.7 Å². The Hall–Kier alpha value is -2.42. The van der Waals surface area contributed by atoms with E-state index in [-0.39, 0.29) is 24.1 Å². The van der Waals surface area contributed by atoms with Gasteiger partial charge in [0.15, 0.2) is 5.69 Å². The smallest absolute Gasteiger partial charge is 0.394 e. The van der Waals surface area contributed by atoms with E-state index >= 15 is 0 Å². The number of halogens is 4. The molecule has 1 aromatic heterocycles. The zero-order chi connectivity index (χ0) is 17.0. The van der Waals surface area contributed by atoms with E-state index in [1.54, 1.807) is 6.92 Å². The molecule has 0 aliphatic rings. The van der Waals surface area contributed by atoms with Gasteiger partial charge >= 0.3 is 6.18 Å². The number of benzene rings is 1. The first-order valence-electron chi connectivity index (χ1n) is 6.64. The lowest BCUT2D eigenvalue weighted by atomic mass is 10.3. The predicted octanol–water partition coefficient (Wildman–Crippen LogP) is 3.17. The van der Waals surface area contributed by atoms with Crippen LogP contribution in [0.2, 0.25) is 0 Å². The molecule has 0 saturated carbocycles. The number of aliphatic hydroxyl groups excluding tert-OH is 1. The molecule has 0 aliphatic carbocycles. The molecule has 0 bridgehead atoms. The van der Waals surface area contributed by atoms with Crippen molar-refractivity contribution in [1.29, 1.82) is 0 Å². The summed E-state index contributed by atoms with van der Waals surface area (Å²) in [6.07, 6.45) is -4.67. The fourth-order valence-corrected chi connectivity index (χ4v) is 1.70. The molecule has 3 N–H and O–H groups in total. The molecule has 2 rings (SSSR count). The number of aromatic nitrogens is 2. The minimum absolute atomic E-state index is 0.148. The number of alkyl halides is 3. The monoisotopic (exact) mass is 330 g/mol. The van der Waals surface area contributed by atoms with E-state index in [0.29, 0.717) is 0 Å². The van der Waals surface area contributed by atoms with Gasteiger partial charge in [0.25, 0.3) is 0 Å². The third-order valence-electron chi connectivity index (χ3n) is 2.76. The van der Waals surface area contributed by atoms with Gasteiger partial charge in [-0.3, -0.25) is 0 Å². The van der Waals surface area contributed by atoms with Crippen molar-refractivity contribution in [1.82, 2.24) is 9.97 Å². The summed E-state index contributed by atoms with van der Waals surface area (Å²) in [7, 11) is 0. The highest BCUT2D eigenvalue weighted by Crippen LogP contribution is 2.30. The Morgan fingerprint density at radius 3 is 2.57 bits per heavy atom. The molecule has 0 saturated heterocycles. The maximum atomic E-state index is 13.1. The quantitative estimate of drug-likeness (QED) is 0.735. The highest BCUT2D eigenvalue weighted by molar-refractivity contribution is 5.57. The largest absolute Gasteiger partial charge is 0.433 e. The summed E-state index contributed by atoms with van der Waals surface area (Å²) in [6.45, 7) is 1.26. The Bertz CT molecular complexity index is 678. The highest BCUT2D eigenvalue weighted by atomic mass is 19.4. The van der Waals surface area contributed by atoms with Gasteiger partial charge in [-0.15, -0.1) is 0 Å². The molecule has 0 aliphatic heterocycles. The van der Waals surface area contributed by atoms with Crippen molar-refractivity contribution in [2.24, 2.45) is 0 Å². The van der Waals surface area contributed by atoms with E-state index in [0.717, 1.165) is 12.1 Å². The summed E-state index contributed by atoms with van der Waals surface area (Å²) < 4.78 is 51.9. The van der Waals surface area contributed by atoms with Crippen LogP contribution in [0.1, 0.15) is 12.6 Å². The molecule has 0 spiro atoms. The molecule has 23 heavy (non-hydrogen) atoms. The fourth-order valence-electron chi connectivity index (χ4n) is 1.70. The summed E-state index contributed by atoms with van der Waals surface area (Å²) in [5.41, 5.74) is -0.906. The van der Waals surface area contributed by atoms with Crippen molar-refractivity contribution < 1.29 is 22.7 Å². The van der Waals surface area contributed by atoms with Gasteiger partial charge in [0.1, 0.15) is 11.6 Å². The van der Waals surface area contributed by atoms with Crippen molar-refractivity contribution in [2.45, 2.75) is 19.1 Å². The van der Waals surface area contributed by atoms with Gasteiger partial charge in [0.05, 0.1) is 6.61 Å². The first-order chi connectivity index (χ1) is 10.8. The maximum absolute atomic E-state index is 13.1. The Kier molecular flexibility index (Phi) is 4.99. The second kappa shape index (κ2) is 6.78. The van der Waals surface area contributed by atoms with Gasteiger partial charge in [-0.1, -0.05) is 6.07 Å². The van der Waals surface area contributed by atoms with Crippen LogP contribution in [-0.4, -0.2) is 27.7 Å². The van der Waals surface area contributed by atoms with Crippen molar-refractivity contribution in [2.75, 3.05) is 17.2 Å². The molecule has 9 heteroatoms. The van der Waals surface area contributed by atoms with Crippen molar-refractivity contribution >= 4 is 17.5 Å². The molecule has 124 valence electrons. The highest BCUT2D eigenvalue weighted by Gasteiger charge is 2.33. The SMILES string of the molecule is C[C@H](CO)Nc1nc(Nc2cccc(F)c2)cc(C(F)(F)F)n1. The molecule has 5 nitrogen and oxygen atoms in total. The molecule has 2 aromatic rings. The zero-order valence-corrected chi connectivity index (χ0v) is 12.0. The lowest BCUT2D eigenvalue weighted by Gasteiger charge is -2.15. The first kappa shape index (κ1) is 16.9. The van der Waals surface area contributed by atoms with Crippen LogP contribution in [0.15, 0.2) is 30.3 Å². The van der Waals surface area contributed by atoms with Gasteiger partial charge in [0, 0.05) is 17.8 Å². The lowest BCUT2D eigenvalue weighted by Crippen LogP contribution is -2.22. The molecule has 0 fully saturated rings. The molecule has 1 aromatic carbocycles. The van der Waals surface area contributed by atoms with Crippen LogP contribution in [-0.2, 0) is 6.18 Å². The van der Waals surface area contributed by atoms with Crippen molar-refractivity contribution in [3.05, 3.63) is 41.8 Å². The summed E-state index contributed by atoms with van der Waals surface area (Å²) in [6, 6.07) is 5.43. The molecule has 0 radical (unpaired) electrons. The summed E-state index contributed by atoms with van der Waals surface area (Å²) >= 11 is 0. The molecular formula is C14H14F4N4O. The fraction of sp³-hybridized carbons (Fsp3) is 0.286.